The summed E-state index contributed by atoms with van der Waals surface area (Å²) < 4.78 is 5.14. The minimum absolute atomic E-state index is 0.139. The van der Waals surface area contributed by atoms with Crippen LogP contribution in [-0.2, 0) is 16.1 Å². The molecule has 0 saturated carbocycles. The molecule has 1 atom stereocenters. The molecule has 0 bridgehead atoms. The molecule has 0 spiro atoms. The molecule has 2 rings (SSSR count). The Morgan fingerprint density at radius 1 is 1.58 bits per heavy atom. The molecule has 2 heterocycles. The molecule has 5 nitrogen and oxygen atoms in total. The van der Waals surface area contributed by atoms with Crippen LogP contribution in [0.2, 0.25) is 0 Å². The van der Waals surface area contributed by atoms with Crippen molar-refractivity contribution >= 4 is 17.3 Å². The number of piperazine rings is 1. The van der Waals surface area contributed by atoms with Crippen molar-refractivity contribution in [2.45, 2.75) is 33.4 Å². The molecule has 19 heavy (non-hydrogen) atoms. The number of ether oxygens (including phenoxy) is 1. The third kappa shape index (κ3) is 3.52. The Labute approximate surface area is 118 Å². The summed E-state index contributed by atoms with van der Waals surface area (Å²) in [6.45, 7) is 9.50. The van der Waals surface area contributed by atoms with Crippen LogP contribution in [-0.4, -0.2) is 48.1 Å². The zero-order valence-electron chi connectivity index (χ0n) is 11.7. The molecule has 1 N–H and O–H groups in total. The molecule has 0 radical (unpaired) electrons. The standard InChI is InChI=1S/C13H21N3O2S/c1-4-18-13(17)11-7-14-5-6-16(11)8-12-15-9(2)10(3)19-12/h11,14H,4-8H2,1-3H3. The number of aromatic nitrogens is 1. The Hall–Kier alpha value is -0.980. The summed E-state index contributed by atoms with van der Waals surface area (Å²) in [7, 11) is 0. The van der Waals surface area contributed by atoms with Crippen molar-refractivity contribution in [3.63, 3.8) is 0 Å². The van der Waals surface area contributed by atoms with Crippen molar-refractivity contribution in [1.82, 2.24) is 15.2 Å². The average Bonchev–Trinajstić information content (AvgIpc) is 2.69. The second-order valence-electron chi connectivity index (χ2n) is 4.69. The van der Waals surface area contributed by atoms with Crippen LogP contribution in [0.5, 0.6) is 0 Å². The second-order valence-corrected chi connectivity index (χ2v) is 5.98. The molecule has 1 aliphatic rings. The van der Waals surface area contributed by atoms with E-state index >= 15 is 0 Å². The van der Waals surface area contributed by atoms with Crippen LogP contribution >= 0.6 is 11.3 Å². The molecule has 6 heteroatoms. The predicted molar refractivity (Wildman–Crippen MR) is 75.3 cm³/mol. The molecule has 1 fully saturated rings. The van der Waals surface area contributed by atoms with E-state index in [-0.39, 0.29) is 12.0 Å². The minimum Gasteiger partial charge on any atom is -0.465 e. The molecule has 0 aromatic carbocycles. The number of rotatable bonds is 4. The second kappa shape index (κ2) is 6.45. The number of hydrogen-bond donors (Lipinski definition) is 1. The van der Waals surface area contributed by atoms with Gasteiger partial charge in [0.05, 0.1) is 18.8 Å². The highest BCUT2D eigenvalue weighted by molar-refractivity contribution is 7.11. The molecular weight excluding hydrogens is 262 g/mol. The van der Waals surface area contributed by atoms with Crippen molar-refractivity contribution < 1.29 is 9.53 Å². The van der Waals surface area contributed by atoms with Crippen LogP contribution in [0.1, 0.15) is 22.5 Å². The van der Waals surface area contributed by atoms with Gasteiger partial charge in [0.25, 0.3) is 0 Å². The topological polar surface area (TPSA) is 54.5 Å². The van der Waals surface area contributed by atoms with E-state index < -0.39 is 0 Å². The van der Waals surface area contributed by atoms with Crippen molar-refractivity contribution in [2.75, 3.05) is 26.2 Å². The molecule has 0 aliphatic carbocycles. The number of hydrogen-bond acceptors (Lipinski definition) is 6. The van der Waals surface area contributed by atoms with Gasteiger partial charge < -0.3 is 10.1 Å². The van der Waals surface area contributed by atoms with E-state index in [4.69, 9.17) is 4.74 Å². The SMILES string of the molecule is CCOC(=O)C1CNCCN1Cc1nc(C)c(C)s1. The van der Waals surface area contributed by atoms with Crippen LogP contribution in [0.4, 0.5) is 0 Å². The molecular formula is C13H21N3O2S. The molecule has 1 aromatic rings. The molecule has 0 amide bonds. The highest BCUT2D eigenvalue weighted by Crippen LogP contribution is 2.19. The van der Waals surface area contributed by atoms with E-state index in [9.17, 15) is 4.79 Å². The Balaban J connectivity index is 2.05. The van der Waals surface area contributed by atoms with Gasteiger partial charge in [-0.2, -0.15) is 0 Å². The van der Waals surface area contributed by atoms with Gasteiger partial charge >= 0.3 is 5.97 Å². The summed E-state index contributed by atoms with van der Waals surface area (Å²) in [4.78, 5) is 19.9. The summed E-state index contributed by atoms with van der Waals surface area (Å²) in [5.74, 6) is -0.139. The monoisotopic (exact) mass is 283 g/mol. The Kier molecular flexibility index (Phi) is 4.90. The van der Waals surface area contributed by atoms with E-state index in [2.05, 4.69) is 22.1 Å². The number of nitrogens with zero attached hydrogens (tertiary/aromatic N) is 2. The van der Waals surface area contributed by atoms with Gasteiger partial charge in [-0.1, -0.05) is 0 Å². The lowest BCUT2D eigenvalue weighted by atomic mass is 10.2. The highest BCUT2D eigenvalue weighted by Gasteiger charge is 2.30. The third-order valence-corrected chi connectivity index (χ3v) is 4.38. The lowest BCUT2D eigenvalue weighted by Gasteiger charge is -2.33. The van der Waals surface area contributed by atoms with Gasteiger partial charge in [0.1, 0.15) is 11.0 Å². The maximum atomic E-state index is 11.9. The molecule has 1 unspecified atom stereocenters. The first-order chi connectivity index (χ1) is 9.11. The van der Waals surface area contributed by atoms with Gasteiger partial charge in [-0.15, -0.1) is 11.3 Å². The van der Waals surface area contributed by atoms with Crippen LogP contribution in [0.3, 0.4) is 0 Å². The van der Waals surface area contributed by atoms with Gasteiger partial charge in [0.2, 0.25) is 0 Å². The zero-order valence-corrected chi connectivity index (χ0v) is 12.5. The normalized spacial score (nSPS) is 20.5. The third-order valence-electron chi connectivity index (χ3n) is 3.32. The van der Waals surface area contributed by atoms with E-state index in [1.165, 1.54) is 4.88 Å². The van der Waals surface area contributed by atoms with Crippen molar-refractivity contribution in [3.05, 3.63) is 15.6 Å². The number of carbonyl (C=O) groups is 1. The number of carbonyl (C=O) groups excluding carboxylic acids is 1. The van der Waals surface area contributed by atoms with Crippen LogP contribution in [0, 0.1) is 13.8 Å². The fourth-order valence-corrected chi connectivity index (χ4v) is 3.15. The lowest BCUT2D eigenvalue weighted by Crippen LogP contribution is -2.54. The zero-order chi connectivity index (χ0) is 13.8. The van der Waals surface area contributed by atoms with E-state index in [0.29, 0.717) is 13.2 Å². The maximum absolute atomic E-state index is 11.9. The average molecular weight is 283 g/mol. The first-order valence-electron chi connectivity index (χ1n) is 6.66. The molecule has 106 valence electrons. The summed E-state index contributed by atoms with van der Waals surface area (Å²) in [5, 5.41) is 4.32. The Morgan fingerprint density at radius 2 is 2.37 bits per heavy atom. The molecule has 1 aliphatic heterocycles. The van der Waals surface area contributed by atoms with Crippen LogP contribution < -0.4 is 5.32 Å². The number of aryl methyl sites for hydroxylation is 2. The molecule has 1 saturated heterocycles. The van der Waals surface area contributed by atoms with Crippen molar-refractivity contribution in [1.29, 1.82) is 0 Å². The fourth-order valence-electron chi connectivity index (χ4n) is 2.19. The van der Waals surface area contributed by atoms with Crippen molar-refractivity contribution in [3.8, 4) is 0 Å². The van der Waals surface area contributed by atoms with E-state index in [1.807, 2.05) is 13.8 Å². The van der Waals surface area contributed by atoms with E-state index in [0.717, 1.165) is 30.3 Å². The van der Waals surface area contributed by atoms with E-state index in [1.54, 1.807) is 11.3 Å². The fraction of sp³-hybridized carbons (Fsp3) is 0.692. The quantitative estimate of drug-likeness (QED) is 0.839. The predicted octanol–water partition coefficient (Wildman–Crippen LogP) is 1.10. The van der Waals surface area contributed by atoms with Crippen LogP contribution in [0.15, 0.2) is 0 Å². The maximum Gasteiger partial charge on any atom is 0.324 e. The first kappa shape index (κ1) is 14.4. The summed E-state index contributed by atoms with van der Waals surface area (Å²) in [6.07, 6.45) is 0. The van der Waals surface area contributed by atoms with Gasteiger partial charge in [-0.25, -0.2) is 4.98 Å². The minimum atomic E-state index is -0.196. The number of esters is 1. The highest BCUT2D eigenvalue weighted by atomic mass is 32.1. The van der Waals surface area contributed by atoms with Gasteiger partial charge in [0, 0.05) is 24.5 Å². The number of nitrogens with one attached hydrogen (secondary N) is 1. The Morgan fingerprint density at radius 3 is 3.00 bits per heavy atom. The number of thiazole rings is 1. The summed E-state index contributed by atoms with van der Waals surface area (Å²) in [6, 6.07) is -0.196. The molecule has 1 aromatic heterocycles. The van der Waals surface area contributed by atoms with Gasteiger partial charge in [-0.3, -0.25) is 9.69 Å². The van der Waals surface area contributed by atoms with Crippen molar-refractivity contribution in [2.24, 2.45) is 0 Å². The van der Waals surface area contributed by atoms with Crippen LogP contribution in [0.25, 0.3) is 0 Å². The van der Waals surface area contributed by atoms with Gasteiger partial charge in [0.15, 0.2) is 0 Å². The lowest BCUT2D eigenvalue weighted by molar-refractivity contribution is -0.150. The van der Waals surface area contributed by atoms with Gasteiger partial charge in [-0.05, 0) is 20.8 Å². The summed E-state index contributed by atoms with van der Waals surface area (Å²) in [5.41, 5.74) is 1.09. The summed E-state index contributed by atoms with van der Waals surface area (Å²) >= 11 is 1.71. The largest absolute Gasteiger partial charge is 0.465 e. The first-order valence-corrected chi connectivity index (χ1v) is 7.47. The smallest absolute Gasteiger partial charge is 0.324 e. The Bertz CT molecular complexity index is 428.